The highest BCUT2D eigenvalue weighted by molar-refractivity contribution is 9.10. The van der Waals surface area contributed by atoms with Gasteiger partial charge < -0.3 is 15.8 Å². The highest BCUT2D eigenvalue weighted by Gasteiger charge is 2.23. The summed E-state index contributed by atoms with van der Waals surface area (Å²) in [4.78, 5) is 2.39. The third-order valence-corrected chi connectivity index (χ3v) is 4.69. The number of nitrogens with two attached hydrogens (primary N) is 1. The van der Waals surface area contributed by atoms with Crippen LogP contribution in [-0.4, -0.2) is 24.1 Å². The number of amidine groups is 1. The number of benzene rings is 1. The Kier molecular flexibility index (Phi) is 4.34. The molecule has 1 aromatic carbocycles. The molecule has 19 heavy (non-hydrogen) atoms. The van der Waals surface area contributed by atoms with E-state index < -0.39 is 0 Å². The number of halogens is 1. The number of hydrogen-bond donors (Lipinski definition) is 2. The minimum atomic E-state index is 0.124. The van der Waals surface area contributed by atoms with Crippen LogP contribution in [0.25, 0.3) is 0 Å². The lowest BCUT2D eigenvalue weighted by molar-refractivity contribution is 0.318. The molecule has 1 aromatic rings. The van der Waals surface area contributed by atoms with Crippen LogP contribution in [0.1, 0.15) is 25.8 Å². The highest BCUT2D eigenvalue weighted by Crippen LogP contribution is 2.29. The Morgan fingerprint density at radius 1 is 1.42 bits per heavy atom. The second-order valence-corrected chi connectivity index (χ2v) is 6.19. The van der Waals surface area contributed by atoms with E-state index in [4.69, 9.17) is 10.9 Å². The summed E-state index contributed by atoms with van der Waals surface area (Å²) in [7, 11) is 0. The van der Waals surface area contributed by atoms with Gasteiger partial charge in [0.05, 0.1) is 0 Å². The van der Waals surface area contributed by atoms with Gasteiger partial charge in [0, 0.05) is 28.8 Å². The lowest BCUT2D eigenvalue weighted by atomic mass is 9.88. The molecule has 0 saturated carbocycles. The van der Waals surface area contributed by atoms with Gasteiger partial charge in [0.2, 0.25) is 0 Å². The molecule has 5 heteroatoms. The Morgan fingerprint density at radius 3 is 2.74 bits per heavy atom. The van der Waals surface area contributed by atoms with Gasteiger partial charge in [-0.1, -0.05) is 19.0 Å². The summed E-state index contributed by atoms with van der Waals surface area (Å²) in [6.45, 7) is 6.79. The minimum Gasteiger partial charge on any atom is -0.409 e. The third-order valence-electron chi connectivity index (χ3n) is 4.04. The molecule has 1 saturated heterocycles. The lowest BCUT2D eigenvalue weighted by Gasteiger charge is -2.37. The highest BCUT2D eigenvalue weighted by atomic mass is 79.9. The molecular formula is C14H20BrN3O. The smallest absolute Gasteiger partial charge is 0.171 e. The molecular weight excluding hydrogens is 306 g/mol. The maximum atomic E-state index is 8.73. The van der Waals surface area contributed by atoms with Gasteiger partial charge in [-0.2, -0.15) is 0 Å². The van der Waals surface area contributed by atoms with Crippen molar-refractivity contribution in [2.75, 3.05) is 18.0 Å². The second kappa shape index (κ2) is 5.82. The van der Waals surface area contributed by atoms with E-state index in [9.17, 15) is 0 Å². The quantitative estimate of drug-likeness (QED) is 0.380. The monoisotopic (exact) mass is 325 g/mol. The van der Waals surface area contributed by atoms with Crippen molar-refractivity contribution >= 4 is 27.5 Å². The topological polar surface area (TPSA) is 61.8 Å². The van der Waals surface area contributed by atoms with Crippen molar-refractivity contribution in [2.24, 2.45) is 22.7 Å². The predicted molar refractivity (Wildman–Crippen MR) is 81.8 cm³/mol. The zero-order valence-electron chi connectivity index (χ0n) is 11.3. The molecule has 1 aliphatic heterocycles. The first kappa shape index (κ1) is 14.2. The first-order chi connectivity index (χ1) is 9.02. The molecule has 2 rings (SSSR count). The van der Waals surface area contributed by atoms with Gasteiger partial charge in [-0.25, -0.2) is 0 Å². The van der Waals surface area contributed by atoms with Crippen LogP contribution in [0.2, 0.25) is 0 Å². The maximum Gasteiger partial charge on any atom is 0.171 e. The van der Waals surface area contributed by atoms with Gasteiger partial charge in [0.25, 0.3) is 0 Å². The van der Waals surface area contributed by atoms with Crippen LogP contribution < -0.4 is 10.6 Å². The van der Waals surface area contributed by atoms with Crippen LogP contribution in [0.3, 0.4) is 0 Å². The Bertz CT molecular complexity index is 490. The van der Waals surface area contributed by atoms with Crippen molar-refractivity contribution in [1.82, 2.24) is 0 Å². The summed E-state index contributed by atoms with van der Waals surface area (Å²) in [6, 6.07) is 5.95. The first-order valence-corrected chi connectivity index (χ1v) is 7.34. The number of hydrogen-bond acceptors (Lipinski definition) is 3. The molecule has 1 heterocycles. The van der Waals surface area contributed by atoms with Gasteiger partial charge >= 0.3 is 0 Å². The van der Waals surface area contributed by atoms with Gasteiger partial charge in [0.1, 0.15) is 0 Å². The Labute approximate surface area is 122 Å². The van der Waals surface area contributed by atoms with Crippen LogP contribution in [0.15, 0.2) is 27.8 Å². The molecule has 0 aromatic heterocycles. The standard InChI is InChI=1S/C14H20BrN3O/c1-9-5-6-18(8-10(9)2)11-3-4-12(13(15)7-11)14(16)17-19/h3-4,7,9-10,19H,5-6,8H2,1-2H3,(H2,16,17). The molecule has 0 aliphatic carbocycles. The summed E-state index contributed by atoms with van der Waals surface area (Å²) in [5.74, 6) is 1.62. The van der Waals surface area contributed by atoms with Crippen molar-refractivity contribution < 1.29 is 5.21 Å². The maximum absolute atomic E-state index is 8.73. The molecule has 104 valence electrons. The molecule has 0 spiro atoms. The fourth-order valence-corrected chi connectivity index (χ4v) is 3.03. The van der Waals surface area contributed by atoms with Crippen molar-refractivity contribution in [3.05, 3.63) is 28.2 Å². The first-order valence-electron chi connectivity index (χ1n) is 6.55. The Hall–Kier alpha value is -1.23. The Morgan fingerprint density at radius 2 is 2.16 bits per heavy atom. The summed E-state index contributed by atoms with van der Waals surface area (Å²) in [6.07, 6.45) is 1.22. The summed E-state index contributed by atoms with van der Waals surface area (Å²) >= 11 is 3.48. The summed E-state index contributed by atoms with van der Waals surface area (Å²) < 4.78 is 0.853. The third kappa shape index (κ3) is 3.03. The molecule has 0 amide bonds. The van der Waals surface area contributed by atoms with Crippen LogP contribution in [0, 0.1) is 11.8 Å². The molecule has 1 fully saturated rings. The molecule has 0 radical (unpaired) electrons. The van der Waals surface area contributed by atoms with E-state index in [1.165, 1.54) is 12.1 Å². The van der Waals surface area contributed by atoms with Gasteiger partial charge in [-0.3, -0.25) is 0 Å². The SMILES string of the molecule is CC1CCN(c2ccc(/C(N)=N/O)c(Br)c2)CC1C. The molecule has 4 nitrogen and oxygen atoms in total. The van der Waals surface area contributed by atoms with E-state index in [2.05, 4.69) is 39.8 Å². The van der Waals surface area contributed by atoms with Crippen molar-refractivity contribution in [3.63, 3.8) is 0 Å². The summed E-state index contributed by atoms with van der Waals surface area (Å²) in [5.41, 5.74) is 7.51. The zero-order valence-corrected chi connectivity index (χ0v) is 12.9. The van der Waals surface area contributed by atoms with Crippen molar-refractivity contribution in [2.45, 2.75) is 20.3 Å². The van der Waals surface area contributed by atoms with Crippen LogP contribution >= 0.6 is 15.9 Å². The Balaban J connectivity index is 2.21. The molecule has 3 N–H and O–H groups in total. The van der Waals surface area contributed by atoms with E-state index >= 15 is 0 Å². The van der Waals surface area contributed by atoms with Gasteiger partial charge in [-0.15, -0.1) is 0 Å². The largest absolute Gasteiger partial charge is 0.409 e. The van der Waals surface area contributed by atoms with E-state index in [1.807, 2.05) is 18.2 Å². The molecule has 2 atom stereocenters. The van der Waals surface area contributed by atoms with Crippen LogP contribution in [0.4, 0.5) is 5.69 Å². The second-order valence-electron chi connectivity index (χ2n) is 5.34. The number of anilines is 1. The minimum absolute atomic E-state index is 0.124. The summed E-state index contributed by atoms with van der Waals surface area (Å²) in [5, 5.41) is 11.8. The average Bonchev–Trinajstić information content (AvgIpc) is 2.41. The number of rotatable bonds is 2. The molecule has 0 bridgehead atoms. The van der Waals surface area contributed by atoms with Gasteiger partial charge in [0.15, 0.2) is 5.84 Å². The van der Waals surface area contributed by atoms with Crippen molar-refractivity contribution in [3.8, 4) is 0 Å². The number of piperidine rings is 1. The van der Waals surface area contributed by atoms with Gasteiger partial charge in [-0.05, 0) is 52.4 Å². The molecule has 1 aliphatic rings. The number of nitrogens with zero attached hydrogens (tertiary/aromatic N) is 2. The fraction of sp³-hybridized carbons (Fsp3) is 0.500. The fourth-order valence-electron chi connectivity index (χ4n) is 2.46. The van der Waals surface area contributed by atoms with E-state index in [1.54, 1.807) is 0 Å². The average molecular weight is 326 g/mol. The number of oxime groups is 1. The molecule has 2 unspecified atom stereocenters. The van der Waals surface area contributed by atoms with E-state index in [-0.39, 0.29) is 5.84 Å². The lowest BCUT2D eigenvalue weighted by Crippen LogP contribution is -2.38. The van der Waals surface area contributed by atoms with E-state index in [0.29, 0.717) is 11.5 Å². The van der Waals surface area contributed by atoms with Crippen LogP contribution in [0.5, 0.6) is 0 Å². The van der Waals surface area contributed by atoms with Crippen molar-refractivity contribution in [1.29, 1.82) is 0 Å². The normalized spacial score (nSPS) is 24.6. The van der Waals surface area contributed by atoms with E-state index in [0.717, 1.165) is 23.5 Å². The van der Waals surface area contributed by atoms with Crippen LogP contribution in [-0.2, 0) is 0 Å². The zero-order chi connectivity index (χ0) is 14.0. The predicted octanol–water partition coefficient (Wildman–Crippen LogP) is 3.03.